The summed E-state index contributed by atoms with van der Waals surface area (Å²) in [5.74, 6) is 0.766. The first kappa shape index (κ1) is 108. The molecule has 12 rings (SSSR count). The molecule has 0 saturated heterocycles. The van der Waals surface area contributed by atoms with E-state index in [0.717, 1.165) is 69.4 Å². The number of carbonyl (C=O) groups excluding carboxylic acids is 1. The van der Waals surface area contributed by atoms with Crippen LogP contribution in [-0.4, -0.2) is 180 Å². The Morgan fingerprint density at radius 1 is 0.600 bits per heavy atom. The van der Waals surface area contributed by atoms with Crippen LogP contribution in [0.5, 0.6) is 11.5 Å². The molecular weight excluding hydrogens is 1720 g/mol. The Kier molecular flexibility index (Phi) is 39.4. The zero-order valence-corrected chi connectivity index (χ0v) is 81.2. The minimum absolute atomic E-state index is 0. The number of likely N-dealkylation sites (N-methyl/N-ethyl adjacent to an activating group) is 2. The van der Waals surface area contributed by atoms with Crippen molar-refractivity contribution in [1.82, 2.24) is 4.58 Å². The van der Waals surface area contributed by atoms with E-state index in [-0.39, 0.29) is 144 Å². The Hall–Kier alpha value is -7.59. The van der Waals surface area contributed by atoms with Crippen LogP contribution in [0.15, 0.2) is 174 Å². The maximum atomic E-state index is 12.1. The normalized spacial score (nSPS) is 17.8. The van der Waals surface area contributed by atoms with Crippen LogP contribution in [-0.2, 0) is 79.8 Å². The summed E-state index contributed by atoms with van der Waals surface area (Å²) in [5, 5.41) is 11.9. The van der Waals surface area contributed by atoms with Gasteiger partial charge in [-0.05, 0) is 172 Å². The first-order valence-corrected chi connectivity index (χ1v) is 45.7. The number of carboxylic acids is 1. The van der Waals surface area contributed by atoms with Gasteiger partial charge in [0.15, 0.2) is 17.0 Å². The number of esters is 1. The molecule has 6 heterocycles. The summed E-state index contributed by atoms with van der Waals surface area (Å²) in [5.41, 5.74) is 12.8. The summed E-state index contributed by atoms with van der Waals surface area (Å²) in [4.78, 5) is 24.8. The molecule has 36 heteroatoms. The number of carbonyl (C=O) groups is 2. The van der Waals surface area contributed by atoms with Crippen LogP contribution < -0.4 is 93.3 Å². The van der Waals surface area contributed by atoms with Crippen LogP contribution in [0.25, 0.3) is 33.8 Å². The Labute approximate surface area is 776 Å². The van der Waals surface area contributed by atoms with Gasteiger partial charge < -0.3 is 61.3 Å². The molecule has 2 unspecified atom stereocenters. The SMILES string of the molecule is CCN1c2cc3c(cc2C(C)=CC1(C)C)/C(=C/C=C/C1=[N+](CCCS(=O)(=O)[O-])c2ccc(S(=O)(=O)[O-])cc2C1(C)CCCC(=O)O)C=C(c1ccccc1)O3.CCOC(=O)CCCC1(C)C(C)=[N+](CCCS(=O)(=O)[O-])c2ccc(S(=O)(=O)[O-])cc21.CC[N+]1=c2cc3c(cc2C(C)=CC1(C)C)=C(C)C=C(c1ccccc1)O3.COC(OC)OC.FB(F)F.[F-].[Na+].[Na+]. The Morgan fingerprint density at radius 3 is 1.58 bits per heavy atom. The number of anilines is 1. The van der Waals surface area contributed by atoms with Gasteiger partial charge in [0.25, 0.3) is 6.48 Å². The number of nitrogens with zero attached hydrogens (tertiary/aromatic N) is 4. The third kappa shape index (κ3) is 27.5. The molecule has 0 saturated carbocycles. The number of rotatable bonds is 28. The minimum Gasteiger partial charge on any atom is -1.00 e. The standard InChI is InChI=1S/C42H46N2O9S2.C24H26NO.C19H27NO8S2.C4H10O3.BF3.FH.2Na/c1-6-44-36-26-38-33(25-32(36)28(2)27-41(44,3)4)30(23-37(53-38)29-13-8-7-9-14-29)15-10-16-39-42(5,20-11-17-40(45)46)34-24-31(55(50,51)52)18-19-35(34)43(39)21-12-22-54(47,48)49;1-6-25-21-14-23-20(13-19(21)17(3)15-24(25,4)5)16(2)12-22(26-23)18-10-8-7-9-11-18;1-4-28-18(21)7-5-10-19(3)14(2)20(11-6-12-29(22,23)24)17-9-8-15(13-16(17)19)30(25,26)27;1-5-4(6-2)7-3;2-1(3)4;;;/h7-10,13-16,18-19,23-27H,6,11-12,17,20-22H2,1-5H3,(H2-,45,46,47,48,49,50,51,52);7-15H,6H2,1-5H3;8-9,13H,4-7,10-12H2,1-3H3,(H-,22,23,24,25,26,27);4H,1-3H3;;1H;;/q;+1;;;;;2*+1/p-3. The molecule has 125 heavy (non-hydrogen) atoms. The predicted molar refractivity (Wildman–Crippen MR) is 462 cm³/mol. The number of benzene rings is 6. The molecule has 0 spiro atoms. The van der Waals surface area contributed by atoms with Gasteiger partial charge in [-0.15, -0.1) is 0 Å². The first-order valence-electron chi connectivity index (χ1n) is 39.8. The monoisotopic (exact) mass is 1830 g/mol. The molecule has 6 aliphatic rings. The molecule has 6 aromatic carbocycles. The quantitative estimate of drug-likeness (QED) is 0.0169. The fourth-order valence-electron chi connectivity index (χ4n) is 16.5. The van der Waals surface area contributed by atoms with Crippen molar-refractivity contribution in [1.29, 1.82) is 0 Å². The molecule has 0 amide bonds. The predicted octanol–water partition coefficient (Wildman–Crippen LogP) is 4.97. The van der Waals surface area contributed by atoms with Crippen LogP contribution in [0.4, 0.5) is 30.0 Å². The maximum absolute atomic E-state index is 12.1. The summed E-state index contributed by atoms with van der Waals surface area (Å²) in [6.45, 7) is 28.9. The van der Waals surface area contributed by atoms with Crippen molar-refractivity contribution in [3.63, 3.8) is 0 Å². The number of halogens is 4. The number of fused-ring (bicyclic) bond motifs is 6. The Morgan fingerprint density at radius 2 is 1.09 bits per heavy atom. The summed E-state index contributed by atoms with van der Waals surface area (Å²) >= 11 is 0. The number of hydrogen-bond donors (Lipinski definition) is 1. The summed E-state index contributed by atoms with van der Waals surface area (Å²) in [7, 11) is -17.5. The van der Waals surface area contributed by atoms with Gasteiger partial charge in [0.1, 0.15) is 62.9 Å². The van der Waals surface area contributed by atoms with Crippen molar-refractivity contribution in [3.05, 3.63) is 213 Å². The van der Waals surface area contributed by atoms with Crippen molar-refractivity contribution >= 4 is 122 Å². The zero-order valence-electron chi connectivity index (χ0n) is 73.9. The number of methoxy groups -OCH3 is 3. The van der Waals surface area contributed by atoms with Gasteiger partial charge in [-0.3, -0.25) is 22.5 Å². The van der Waals surface area contributed by atoms with Crippen molar-refractivity contribution < 1.29 is 181 Å². The smallest absolute Gasteiger partial charge is 1.00 e. The van der Waals surface area contributed by atoms with Crippen LogP contribution in [0, 0.1) is 0 Å². The molecule has 666 valence electrons. The number of hydrogen-bond acceptors (Lipinski definition) is 21. The molecule has 6 aromatic rings. The fraction of sp³-hybridized carbons (Fsp3) is 0.404. The second-order valence-electron chi connectivity index (χ2n) is 31.4. The van der Waals surface area contributed by atoms with E-state index >= 15 is 0 Å². The van der Waals surface area contributed by atoms with E-state index in [0.29, 0.717) is 52.6 Å². The van der Waals surface area contributed by atoms with Crippen molar-refractivity contribution in [2.75, 3.05) is 70.5 Å². The van der Waals surface area contributed by atoms with Crippen molar-refractivity contribution in [2.45, 2.75) is 180 Å². The molecule has 0 aromatic heterocycles. The van der Waals surface area contributed by atoms with E-state index in [9.17, 15) is 79.5 Å². The van der Waals surface area contributed by atoms with Gasteiger partial charge in [-0.25, -0.2) is 38.2 Å². The van der Waals surface area contributed by atoms with Gasteiger partial charge in [0.05, 0.1) is 59.1 Å². The van der Waals surface area contributed by atoms with Crippen molar-refractivity contribution in [3.8, 4) is 11.5 Å². The first-order chi connectivity index (χ1) is 57.1. The number of aliphatic carboxylic acids is 1. The third-order valence-corrected chi connectivity index (χ3v) is 25.4. The molecule has 2 atom stereocenters. The molecule has 0 aliphatic carbocycles. The maximum Gasteiger partial charge on any atom is 1.00 e. The van der Waals surface area contributed by atoms with E-state index in [1.54, 1.807) is 6.92 Å². The summed E-state index contributed by atoms with van der Waals surface area (Å²) < 4.78 is 205. The molecule has 0 radical (unpaired) electrons. The van der Waals surface area contributed by atoms with Gasteiger partial charge in [-0.1, -0.05) is 78.9 Å². The molecule has 25 nitrogen and oxygen atoms in total. The van der Waals surface area contributed by atoms with E-state index in [4.69, 9.17) is 14.2 Å². The number of ether oxygens (including phenoxy) is 6. The van der Waals surface area contributed by atoms with Crippen LogP contribution in [0.1, 0.15) is 180 Å². The Bertz CT molecular complexity index is 5820. The molecular formula is C89H107BF4N4Na2O21S4. The average Bonchev–Trinajstić information content (AvgIpc) is 1.67. The second kappa shape index (κ2) is 45.6. The Balaban J connectivity index is 0.000000334. The van der Waals surface area contributed by atoms with Gasteiger partial charge in [-0.2, -0.15) is 9.15 Å². The number of carboxylic acid groups (broad SMARTS) is 1. The molecule has 1 N–H and O–H groups in total. The molecule has 6 aliphatic heterocycles. The molecule has 0 bridgehead atoms. The summed E-state index contributed by atoms with van der Waals surface area (Å²) in [6.07, 6.45) is 16.0. The third-order valence-electron chi connectivity index (χ3n) is 22.2. The van der Waals surface area contributed by atoms with E-state index in [1.165, 1.54) is 85.0 Å². The van der Waals surface area contributed by atoms with Gasteiger partial charge >= 0.3 is 78.6 Å². The van der Waals surface area contributed by atoms with E-state index < -0.39 is 87.7 Å². The van der Waals surface area contributed by atoms with Gasteiger partial charge in [0, 0.05) is 160 Å². The van der Waals surface area contributed by atoms with Crippen LogP contribution >= 0.6 is 0 Å². The van der Waals surface area contributed by atoms with Crippen LogP contribution in [0.3, 0.4) is 0 Å². The van der Waals surface area contributed by atoms with E-state index in [1.807, 2.05) is 103 Å². The largest absolute Gasteiger partial charge is 1.00 e. The van der Waals surface area contributed by atoms with Crippen molar-refractivity contribution in [2.24, 2.45) is 0 Å². The topological polar surface area (TPSA) is 351 Å². The minimum atomic E-state index is -4.84. The van der Waals surface area contributed by atoms with E-state index in [2.05, 4.69) is 141 Å². The average molecular weight is 1830 g/mol. The number of allylic oxidation sites excluding steroid dienone is 8. The second-order valence-corrected chi connectivity index (χ2v) is 37.2. The van der Waals surface area contributed by atoms with Gasteiger partial charge in [0.2, 0.25) is 16.7 Å². The fourth-order valence-corrected chi connectivity index (χ4v) is 18.5. The molecule has 0 fully saturated rings. The summed E-state index contributed by atoms with van der Waals surface area (Å²) in [6, 6.07) is 36.9. The van der Waals surface area contributed by atoms with Crippen LogP contribution in [0.2, 0.25) is 0 Å². The zero-order chi connectivity index (χ0) is 90.4.